The largest absolute Gasteiger partial charge is 0.490 e. The summed E-state index contributed by atoms with van der Waals surface area (Å²) in [4.78, 5) is 13.5. The fraction of sp³-hybridized carbons (Fsp3) is 0.136. The number of benzene rings is 2. The van der Waals surface area contributed by atoms with E-state index < -0.39 is 33.6 Å². The molecule has 208 valence electrons. The van der Waals surface area contributed by atoms with Crippen LogP contribution in [0.1, 0.15) is 10.4 Å². The fourth-order valence-corrected chi connectivity index (χ4v) is 7.78. The number of nitrogens with one attached hydrogen (secondary N) is 1. The summed E-state index contributed by atoms with van der Waals surface area (Å²) in [6.07, 6.45) is -1.94. The number of hydrogen-bond acceptors (Lipinski definition) is 7. The lowest BCUT2D eigenvalue weighted by Crippen LogP contribution is -2.21. The van der Waals surface area contributed by atoms with Gasteiger partial charge in [-0.15, -0.1) is 23.1 Å². The molecular weight excluding hydrogens is 655 g/mol. The summed E-state index contributed by atoms with van der Waals surface area (Å²) in [5.74, 6) is -4.37. The topological polar surface area (TPSA) is 139 Å². The van der Waals surface area contributed by atoms with E-state index in [9.17, 15) is 30.4 Å². The van der Waals surface area contributed by atoms with Gasteiger partial charge < -0.3 is 15.4 Å². The molecule has 39 heavy (non-hydrogen) atoms. The summed E-state index contributed by atoms with van der Waals surface area (Å²) >= 11 is 5.74. The molecule has 4 aromatic rings. The van der Waals surface area contributed by atoms with Crippen molar-refractivity contribution in [3.05, 3.63) is 69.3 Å². The molecule has 2 aromatic carbocycles. The molecule has 2 heterocycles. The van der Waals surface area contributed by atoms with Crippen molar-refractivity contribution in [3.63, 3.8) is 0 Å². The number of carboxylic acid groups (broad SMARTS) is 1. The number of sulfone groups is 1. The van der Waals surface area contributed by atoms with Crippen LogP contribution in [-0.4, -0.2) is 47.3 Å². The Morgan fingerprint density at radius 2 is 1.82 bits per heavy atom. The highest BCUT2D eigenvalue weighted by atomic mass is 79.9. The van der Waals surface area contributed by atoms with Crippen molar-refractivity contribution in [2.24, 2.45) is 5.73 Å². The Kier molecular flexibility index (Phi) is 9.09. The van der Waals surface area contributed by atoms with Crippen LogP contribution in [0, 0.1) is 17.0 Å². The third kappa shape index (κ3) is 6.59. The maximum Gasteiger partial charge on any atom is 0.490 e. The van der Waals surface area contributed by atoms with Crippen molar-refractivity contribution >= 4 is 71.7 Å². The highest BCUT2D eigenvalue weighted by Crippen LogP contribution is 2.38. The molecule has 0 saturated heterocycles. The third-order valence-corrected chi connectivity index (χ3v) is 9.93. The van der Waals surface area contributed by atoms with Crippen molar-refractivity contribution in [2.75, 3.05) is 6.26 Å². The molecule has 8 nitrogen and oxygen atoms in total. The minimum absolute atomic E-state index is 0.0177. The quantitative estimate of drug-likeness (QED) is 0.104. The van der Waals surface area contributed by atoms with Gasteiger partial charge in [0.15, 0.2) is 0 Å². The average Bonchev–Trinajstić information content (AvgIpc) is 3.46. The SMILES string of the molecule is CSc1sc(C(=N)N)cc1S(=O)(=O)c1cc(Br)c2ncn(Cc3c(F)cccc3F)c2c1.O=C(O)C(F)(F)F. The molecule has 0 radical (unpaired) electrons. The molecule has 0 amide bonds. The van der Waals surface area contributed by atoms with Crippen molar-refractivity contribution < 1.29 is 40.3 Å². The van der Waals surface area contributed by atoms with E-state index in [2.05, 4.69) is 20.9 Å². The van der Waals surface area contributed by atoms with Gasteiger partial charge in [-0.3, -0.25) is 5.41 Å². The van der Waals surface area contributed by atoms with Crippen LogP contribution in [0.15, 0.2) is 61.2 Å². The maximum absolute atomic E-state index is 14.2. The molecule has 17 heteroatoms. The molecule has 4 N–H and O–H groups in total. The standard InChI is InChI=1S/C20H15BrF2N4O2S3.C2HF3O2/c1-30-20-17(7-16(31-20)19(24)25)32(28,29)10-5-12(21)18-15(6-10)27(9-26-18)8-11-13(22)3-2-4-14(11)23;3-2(4,5)1(6)7/h2-7,9H,8H2,1H3,(H3,24,25);(H,6,7). The molecular formula is C22H16BrF5N4O4S3. The van der Waals surface area contributed by atoms with Crippen molar-refractivity contribution in [1.29, 1.82) is 5.41 Å². The lowest BCUT2D eigenvalue weighted by atomic mass is 10.2. The number of thiophene rings is 1. The summed E-state index contributed by atoms with van der Waals surface area (Å²) in [6, 6.07) is 7.86. The van der Waals surface area contributed by atoms with Crippen LogP contribution >= 0.6 is 39.0 Å². The van der Waals surface area contributed by atoms with E-state index in [1.54, 1.807) is 6.26 Å². The van der Waals surface area contributed by atoms with Gasteiger partial charge >= 0.3 is 12.1 Å². The zero-order valence-electron chi connectivity index (χ0n) is 19.4. The number of halogens is 6. The maximum atomic E-state index is 14.2. The monoisotopic (exact) mass is 670 g/mol. The normalized spacial score (nSPS) is 11.8. The van der Waals surface area contributed by atoms with Crippen molar-refractivity contribution in [1.82, 2.24) is 9.55 Å². The summed E-state index contributed by atoms with van der Waals surface area (Å²) in [7, 11) is -3.97. The number of rotatable bonds is 6. The van der Waals surface area contributed by atoms with E-state index in [4.69, 9.17) is 21.0 Å². The summed E-state index contributed by atoms with van der Waals surface area (Å²) in [6.45, 7) is -0.159. The zero-order valence-corrected chi connectivity index (χ0v) is 23.4. The number of hydrogen-bond donors (Lipinski definition) is 3. The number of amidine groups is 1. The van der Waals surface area contributed by atoms with Crippen LogP contribution in [0.2, 0.25) is 0 Å². The van der Waals surface area contributed by atoms with E-state index in [1.165, 1.54) is 46.9 Å². The third-order valence-electron chi connectivity index (χ3n) is 5.00. The minimum Gasteiger partial charge on any atom is -0.475 e. The Labute approximate surface area is 234 Å². The zero-order chi connectivity index (χ0) is 29.3. The minimum atomic E-state index is -5.08. The number of aromatic nitrogens is 2. The number of nitrogens with two attached hydrogens (primary N) is 1. The number of carboxylic acids is 1. The number of carbonyl (C=O) groups is 1. The number of imidazole rings is 1. The van der Waals surface area contributed by atoms with Crippen LogP contribution in [0.5, 0.6) is 0 Å². The molecule has 0 unspecified atom stereocenters. The highest BCUT2D eigenvalue weighted by Gasteiger charge is 2.38. The molecule has 0 aliphatic rings. The number of thioether (sulfide) groups is 1. The molecule has 0 atom stereocenters. The van der Waals surface area contributed by atoms with E-state index in [0.29, 0.717) is 24.6 Å². The van der Waals surface area contributed by atoms with Crippen LogP contribution in [0.3, 0.4) is 0 Å². The van der Waals surface area contributed by atoms with Crippen LogP contribution in [-0.2, 0) is 21.2 Å². The summed E-state index contributed by atoms with van der Waals surface area (Å²) in [5, 5.41) is 14.7. The Hall–Kier alpha value is -3.02. The van der Waals surface area contributed by atoms with Gasteiger partial charge in [0.05, 0.1) is 37.3 Å². The fourth-order valence-electron chi connectivity index (χ4n) is 3.18. The molecule has 0 fully saturated rings. The van der Waals surface area contributed by atoms with Crippen LogP contribution in [0.25, 0.3) is 11.0 Å². The second kappa shape index (κ2) is 11.6. The predicted molar refractivity (Wildman–Crippen MR) is 139 cm³/mol. The van der Waals surface area contributed by atoms with E-state index >= 15 is 0 Å². The van der Waals surface area contributed by atoms with Gasteiger partial charge in [0.25, 0.3) is 0 Å². The lowest BCUT2D eigenvalue weighted by molar-refractivity contribution is -0.192. The van der Waals surface area contributed by atoms with Gasteiger partial charge in [-0.2, -0.15) is 13.2 Å². The van der Waals surface area contributed by atoms with Crippen molar-refractivity contribution in [2.45, 2.75) is 26.7 Å². The van der Waals surface area contributed by atoms with Gasteiger partial charge in [-0.1, -0.05) is 6.07 Å². The number of fused-ring (bicyclic) bond motifs is 1. The van der Waals surface area contributed by atoms with Gasteiger partial charge in [0, 0.05) is 10.0 Å². The Morgan fingerprint density at radius 3 is 2.33 bits per heavy atom. The van der Waals surface area contributed by atoms with Crippen LogP contribution < -0.4 is 5.73 Å². The molecule has 4 rings (SSSR count). The smallest absolute Gasteiger partial charge is 0.475 e. The summed E-state index contributed by atoms with van der Waals surface area (Å²) in [5.41, 5.74) is 6.25. The van der Waals surface area contributed by atoms with E-state index in [-0.39, 0.29) is 27.7 Å². The predicted octanol–water partition coefficient (Wildman–Crippen LogP) is 5.66. The second-order valence-corrected chi connectivity index (χ2v) is 12.4. The molecule has 0 saturated carbocycles. The Morgan fingerprint density at radius 1 is 1.23 bits per heavy atom. The number of nitrogens with zero attached hydrogens (tertiary/aromatic N) is 2. The number of aliphatic carboxylic acids is 1. The van der Waals surface area contributed by atoms with Gasteiger partial charge in [-0.05, 0) is 52.5 Å². The Balaban J connectivity index is 0.000000532. The average molecular weight is 671 g/mol. The number of nitrogen functional groups attached to an aromatic ring is 1. The lowest BCUT2D eigenvalue weighted by Gasteiger charge is -2.10. The molecule has 0 aliphatic carbocycles. The second-order valence-electron chi connectivity index (χ2n) is 7.53. The van der Waals surface area contributed by atoms with Gasteiger partial charge in [-0.25, -0.2) is 27.0 Å². The Bertz CT molecular complexity index is 1670. The van der Waals surface area contributed by atoms with Gasteiger partial charge in [0.2, 0.25) is 9.84 Å². The molecule has 0 bridgehead atoms. The molecule has 0 aliphatic heterocycles. The van der Waals surface area contributed by atoms with Crippen molar-refractivity contribution in [3.8, 4) is 0 Å². The first kappa shape index (κ1) is 30.5. The summed E-state index contributed by atoms with van der Waals surface area (Å²) < 4.78 is 89.4. The first-order valence-corrected chi connectivity index (χ1v) is 14.5. The highest BCUT2D eigenvalue weighted by molar-refractivity contribution is 9.10. The molecule has 0 spiro atoms. The first-order chi connectivity index (χ1) is 18.1. The molecule has 2 aromatic heterocycles. The first-order valence-electron chi connectivity index (χ1n) is 10.2. The van der Waals surface area contributed by atoms with Gasteiger partial charge in [0.1, 0.15) is 23.0 Å². The van der Waals surface area contributed by atoms with E-state index in [1.807, 2.05) is 0 Å². The van der Waals surface area contributed by atoms with Crippen LogP contribution in [0.4, 0.5) is 22.0 Å². The number of alkyl halides is 3. The van der Waals surface area contributed by atoms with E-state index in [0.717, 1.165) is 23.5 Å².